The van der Waals surface area contributed by atoms with Crippen LogP contribution in [0.4, 0.5) is 0 Å². The number of hydrogen-bond acceptors (Lipinski definition) is 9. The number of rotatable bonds is 33. The maximum atomic E-state index is 12.7. The zero-order chi connectivity index (χ0) is 36.5. The Morgan fingerprint density at radius 3 is 1.78 bits per heavy atom. The van der Waals surface area contributed by atoms with Gasteiger partial charge in [-0.25, -0.2) is 0 Å². The summed E-state index contributed by atoms with van der Waals surface area (Å²) in [5, 5.41) is 39.9. The first kappa shape index (κ1) is 46.4. The number of hydrogen-bond donors (Lipinski definition) is 4. The summed E-state index contributed by atoms with van der Waals surface area (Å²) in [6.45, 7) is 4.48. The highest BCUT2D eigenvalue weighted by Gasteiger charge is 2.44. The molecule has 6 unspecified atom stereocenters. The van der Waals surface area contributed by atoms with Gasteiger partial charge in [0, 0.05) is 13.0 Å². The second-order valence-corrected chi connectivity index (χ2v) is 13.7. The van der Waals surface area contributed by atoms with E-state index in [4.69, 9.17) is 18.9 Å². The van der Waals surface area contributed by atoms with Gasteiger partial charge in [-0.15, -0.1) is 0 Å². The third-order valence-electron chi connectivity index (χ3n) is 9.06. The summed E-state index contributed by atoms with van der Waals surface area (Å²) >= 11 is 0. The van der Waals surface area contributed by atoms with Crippen molar-refractivity contribution in [3.63, 3.8) is 0 Å². The van der Waals surface area contributed by atoms with Crippen LogP contribution >= 0.6 is 0 Å². The van der Waals surface area contributed by atoms with Crippen LogP contribution in [0, 0.1) is 0 Å². The minimum absolute atomic E-state index is 0.118. The van der Waals surface area contributed by atoms with E-state index < -0.39 is 43.4 Å². The summed E-state index contributed by atoms with van der Waals surface area (Å²) in [5.41, 5.74) is 0. The van der Waals surface area contributed by atoms with Crippen molar-refractivity contribution in [3.8, 4) is 0 Å². The molecule has 0 radical (unpaired) electrons. The van der Waals surface area contributed by atoms with Crippen molar-refractivity contribution < 1.29 is 44.2 Å². The Labute approximate surface area is 304 Å². The van der Waals surface area contributed by atoms with Crippen molar-refractivity contribution in [2.45, 2.75) is 192 Å². The Balaban J connectivity index is 2.28. The van der Waals surface area contributed by atoms with Crippen LogP contribution in [0.15, 0.2) is 36.5 Å². The maximum absolute atomic E-state index is 12.7. The molecule has 1 fully saturated rings. The van der Waals surface area contributed by atoms with Crippen LogP contribution in [0.3, 0.4) is 0 Å². The lowest BCUT2D eigenvalue weighted by Crippen LogP contribution is -2.59. The molecule has 1 aliphatic rings. The Bertz CT molecular complexity index is 859. The first-order valence-corrected chi connectivity index (χ1v) is 20.1. The van der Waals surface area contributed by atoms with Gasteiger partial charge in [0.1, 0.15) is 30.5 Å². The Hall–Kier alpha value is -1.59. The molecule has 1 aliphatic heterocycles. The van der Waals surface area contributed by atoms with Crippen molar-refractivity contribution in [1.82, 2.24) is 0 Å². The van der Waals surface area contributed by atoms with E-state index in [1.807, 2.05) is 0 Å². The first-order valence-electron chi connectivity index (χ1n) is 20.1. The average Bonchev–Trinajstić information content (AvgIpc) is 3.11. The van der Waals surface area contributed by atoms with Gasteiger partial charge in [-0.1, -0.05) is 134 Å². The number of carbonyl (C=O) groups is 1. The zero-order valence-corrected chi connectivity index (χ0v) is 31.6. The lowest BCUT2D eigenvalue weighted by molar-refractivity contribution is -0.305. The van der Waals surface area contributed by atoms with Crippen LogP contribution in [-0.2, 0) is 23.7 Å². The molecule has 6 atom stereocenters. The number of carbonyl (C=O) groups excluding carboxylic acids is 1. The number of aliphatic hydroxyl groups excluding tert-OH is 4. The molecule has 0 bridgehead atoms. The van der Waals surface area contributed by atoms with Gasteiger partial charge in [-0.05, 0) is 51.4 Å². The summed E-state index contributed by atoms with van der Waals surface area (Å²) in [7, 11) is 0. The lowest BCUT2D eigenvalue weighted by atomic mass is 9.99. The van der Waals surface area contributed by atoms with Crippen molar-refractivity contribution in [2.75, 3.05) is 26.4 Å². The molecule has 0 aromatic rings. The predicted octanol–water partition coefficient (Wildman–Crippen LogP) is 8.02. The topological polar surface area (TPSA) is 135 Å². The van der Waals surface area contributed by atoms with Crippen LogP contribution in [0.2, 0.25) is 0 Å². The van der Waals surface area contributed by atoms with Crippen LogP contribution in [-0.4, -0.2) is 89.6 Å². The molecule has 292 valence electrons. The van der Waals surface area contributed by atoms with Crippen LogP contribution < -0.4 is 0 Å². The summed E-state index contributed by atoms with van der Waals surface area (Å²) in [6, 6.07) is 0. The second-order valence-electron chi connectivity index (χ2n) is 13.7. The van der Waals surface area contributed by atoms with Crippen molar-refractivity contribution in [1.29, 1.82) is 0 Å². The SMILES string of the molecule is CCCCC/C=C\C/C=C\C/C=C\CCCCCCCCC(=O)OC(COCCCCCCCCCC)COC1OC(CO)C(O)C(O)C1O. The highest BCUT2D eigenvalue weighted by molar-refractivity contribution is 5.69. The van der Waals surface area contributed by atoms with E-state index in [1.54, 1.807) is 0 Å². The Kier molecular flexibility index (Phi) is 30.9. The van der Waals surface area contributed by atoms with Crippen LogP contribution in [0.25, 0.3) is 0 Å². The molecule has 1 saturated heterocycles. The van der Waals surface area contributed by atoms with Crippen molar-refractivity contribution in [3.05, 3.63) is 36.5 Å². The molecule has 0 aromatic carbocycles. The zero-order valence-electron chi connectivity index (χ0n) is 31.6. The van der Waals surface area contributed by atoms with E-state index in [-0.39, 0.29) is 19.2 Å². The third-order valence-corrected chi connectivity index (χ3v) is 9.06. The number of ether oxygens (including phenoxy) is 4. The average molecular weight is 711 g/mol. The molecule has 4 N–H and O–H groups in total. The van der Waals surface area contributed by atoms with E-state index in [0.717, 1.165) is 57.8 Å². The van der Waals surface area contributed by atoms with Gasteiger partial charge < -0.3 is 39.4 Å². The summed E-state index contributed by atoms with van der Waals surface area (Å²) in [5.74, 6) is -0.328. The fraction of sp³-hybridized carbons (Fsp3) is 0.829. The highest BCUT2D eigenvalue weighted by atomic mass is 16.7. The van der Waals surface area contributed by atoms with Crippen LogP contribution in [0.1, 0.15) is 155 Å². The maximum Gasteiger partial charge on any atom is 0.306 e. The minimum atomic E-state index is -1.54. The van der Waals surface area contributed by atoms with E-state index in [2.05, 4.69) is 50.3 Å². The molecule has 9 nitrogen and oxygen atoms in total. The largest absolute Gasteiger partial charge is 0.457 e. The van der Waals surface area contributed by atoms with Gasteiger partial charge in [0.25, 0.3) is 0 Å². The third kappa shape index (κ3) is 24.6. The molecular weight excluding hydrogens is 636 g/mol. The standard InChI is InChI=1S/C41H74O9/c1-3-5-7-9-11-13-14-15-16-17-18-19-20-21-22-23-24-26-28-30-37(43)49-35(33-47-31-29-27-25-12-10-8-6-4-2)34-48-41-40(46)39(45)38(44)36(32-42)50-41/h11,13,15-16,18-19,35-36,38-42,44-46H,3-10,12,14,17,20-34H2,1-2H3/b13-11-,16-15-,19-18-. The van der Waals surface area contributed by atoms with Crippen molar-refractivity contribution in [2.24, 2.45) is 0 Å². The van der Waals surface area contributed by atoms with Gasteiger partial charge >= 0.3 is 5.97 Å². The molecule has 1 heterocycles. The number of esters is 1. The van der Waals surface area contributed by atoms with Gasteiger partial charge in [0.2, 0.25) is 0 Å². The summed E-state index contributed by atoms with van der Waals surface area (Å²) in [6.07, 6.45) is 30.3. The quantitative estimate of drug-likeness (QED) is 0.0303. The predicted molar refractivity (Wildman–Crippen MR) is 201 cm³/mol. The van der Waals surface area contributed by atoms with E-state index >= 15 is 0 Å². The summed E-state index contributed by atoms with van der Waals surface area (Å²) in [4.78, 5) is 12.7. The normalized spacial score (nSPS) is 21.9. The Morgan fingerprint density at radius 2 is 1.16 bits per heavy atom. The molecule has 9 heteroatoms. The van der Waals surface area contributed by atoms with E-state index in [0.29, 0.717) is 13.0 Å². The molecule has 0 aromatic heterocycles. The highest BCUT2D eigenvalue weighted by Crippen LogP contribution is 2.22. The number of unbranched alkanes of at least 4 members (excludes halogenated alkanes) is 16. The number of allylic oxidation sites excluding steroid dienone is 6. The first-order chi connectivity index (χ1) is 24.4. The van der Waals surface area contributed by atoms with Gasteiger partial charge in [-0.3, -0.25) is 4.79 Å². The summed E-state index contributed by atoms with van der Waals surface area (Å²) < 4.78 is 22.6. The Morgan fingerprint density at radius 1 is 0.640 bits per heavy atom. The van der Waals surface area contributed by atoms with Gasteiger partial charge in [-0.2, -0.15) is 0 Å². The van der Waals surface area contributed by atoms with Crippen molar-refractivity contribution >= 4 is 5.97 Å². The minimum Gasteiger partial charge on any atom is -0.457 e. The molecular formula is C41H74O9. The van der Waals surface area contributed by atoms with Gasteiger partial charge in [0.05, 0.1) is 19.8 Å². The second kappa shape index (κ2) is 33.3. The van der Waals surface area contributed by atoms with Crippen LogP contribution in [0.5, 0.6) is 0 Å². The lowest BCUT2D eigenvalue weighted by Gasteiger charge is -2.39. The molecule has 0 aliphatic carbocycles. The fourth-order valence-corrected chi connectivity index (χ4v) is 5.85. The smallest absolute Gasteiger partial charge is 0.306 e. The number of aliphatic hydroxyl groups is 4. The molecule has 0 amide bonds. The molecule has 0 spiro atoms. The molecule has 50 heavy (non-hydrogen) atoms. The van der Waals surface area contributed by atoms with E-state index in [9.17, 15) is 25.2 Å². The van der Waals surface area contributed by atoms with E-state index in [1.165, 1.54) is 77.0 Å². The van der Waals surface area contributed by atoms with Gasteiger partial charge in [0.15, 0.2) is 6.29 Å². The molecule has 0 saturated carbocycles. The molecule has 1 rings (SSSR count). The fourth-order valence-electron chi connectivity index (χ4n) is 5.85. The monoisotopic (exact) mass is 711 g/mol.